The number of benzene rings is 2. The van der Waals surface area contributed by atoms with Crippen LogP contribution in [0, 0.1) is 5.41 Å². The summed E-state index contributed by atoms with van der Waals surface area (Å²) in [5, 5.41) is 7.56. The van der Waals surface area contributed by atoms with Gasteiger partial charge >= 0.3 is 0 Å². The first-order valence-electron chi connectivity index (χ1n) is 6.83. The lowest BCUT2D eigenvalue weighted by molar-refractivity contribution is 0.481. The van der Waals surface area contributed by atoms with E-state index in [9.17, 15) is 0 Å². The molecule has 0 aliphatic heterocycles. The summed E-state index contributed by atoms with van der Waals surface area (Å²) in [6, 6.07) is 15.4. The molecule has 2 rings (SSSR count). The van der Waals surface area contributed by atoms with Crippen LogP contribution in [-0.2, 0) is 0 Å². The van der Waals surface area contributed by atoms with Crippen LogP contribution in [0.5, 0.6) is 11.5 Å². The highest BCUT2D eigenvalue weighted by Gasteiger charge is 2.07. The Morgan fingerprint density at radius 2 is 1.80 bits per heavy atom. The van der Waals surface area contributed by atoms with Gasteiger partial charge in [0.05, 0.1) is 5.56 Å². The van der Waals surface area contributed by atoms with Crippen molar-refractivity contribution in [3.8, 4) is 11.5 Å². The maximum atomic E-state index is 7.56. The third-order valence-electron chi connectivity index (χ3n) is 3.47. The minimum Gasteiger partial charge on any atom is -0.457 e. The van der Waals surface area contributed by atoms with E-state index in [1.54, 1.807) is 6.07 Å². The van der Waals surface area contributed by atoms with Gasteiger partial charge in [0.1, 0.15) is 17.3 Å². The fourth-order valence-corrected chi connectivity index (χ4v) is 2.01. The molecule has 0 heterocycles. The predicted molar refractivity (Wildman–Crippen MR) is 82.7 cm³/mol. The van der Waals surface area contributed by atoms with Crippen LogP contribution in [-0.4, -0.2) is 5.84 Å². The van der Waals surface area contributed by atoms with Gasteiger partial charge in [-0.15, -0.1) is 0 Å². The number of nitrogen functional groups attached to an aromatic ring is 1. The van der Waals surface area contributed by atoms with E-state index < -0.39 is 0 Å². The smallest absolute Gasteiger partial charge is 0.138 e. The number of rotatable bonds is 5. The standard InChI is InChI=1S/C17H20N2O/c1-3-12(2)13-8-10-14(11-9-13)20-16-7-5-4-6-15(16)17(18)19/h4-12H,3H2,1-2H3,(H3,18,19). The summed E-state index contributed by atoms with van der Waals surface area (Å²) in [6.07, 6.45) is 1.12. The second kappa shape index (κ2) is 6.24. The Morgan fingerprint density at radius 1 is 1.15 bits per heavy atom. The Balaban J connectivity index is 2.20. The molecule has 0 amide bonds. The number of hydrogen-bond donors (Lipinski definition) is 2. The van der Waals surface area contributed by atoms with Gasteiger partial charge in [-0.2, -0.15) is 0 Å². The second-order valence-corrected chi connectivity index (χ2v) is 4.89. The van der Waals surface area contributed by atoms with E-state index in [1.165, 1.54) is 5.56 Å². The van der Waals surface area contributed by atoms with Gasteiger partial charge in [-0.1, -0.05) is 38.1 Å². The molecule has 0 spiro atoms. The zero-order valence-corrected chi connectivity index (χ0v) is 11.9. The largest absolute Gasteiger partial charge is 0.457 e. The number of nitrogens with one attached hydrogen (secondary N) is 1. The average molecular weight is 268 g/mol. The molecule has 2 aromatic carbocycles. The molecule has 3 nitrogen and oxygen atoms in total. The van der Waals surface area contributed by atoms with Crippen molar-refractivity contribution in [2.24, 2.45) is 5.73 Å². The van der Waals surface area contributed by atoms with Crippen molar-refractivity contribution < 1.29 is 4.74 Å². The van der Waals surface area contributed by atoms with Crippen molar-refractivity contribution in [1.29, 1.82) is 5.41 Å². The van der Waals surface area contributed by atoms with Crippen molar-refractivity contribution in [2.75, 3.05) is 0 Å². The molecule has 20 heavy (non-hydrogen) atoms. The molecule has 3 N–H and O–H groups in total. The van der Waals surface area contributed by atoms with Gasteiger partial charge in [-0.3, -0.25) is 5.41 Å². The molecule has 1 atom stereocenters. The number of nitrogens with two attached hydrogens (primary N) is 1. The monoisotopic (exact) mass is 268 g/mol. The van der Waals surface area contributed by atoms with Gasteiger partial charge in [-0.05, 0) is 42.2 Å². The topological polar surface area (TPSA) is 59.1 Å². The first-order valence-corrected chi connectivity index (χ1v) is 6.83. The highest BCUT2D eigenvalue weighted by atomic mass is 16.5. The molecule has 0 aliphatic rings. The summed E-state index contributed by atoms with van der Waals surface area (Å²) in [4.78, 5) is 0. The van der Waals surface area contributed by atoms with E-state index in [4.69, 9.17) is 15.9 Å². The first-order chi connectivity index (χ1) is 9.61. The highest BCUT2D eigenvalue weighted by Crippen LogP contribution is 2.27. The van der Waals surface area contributed by atoms with Gasteiger partial charge in [0.15, 0.2) is 0 Å². The Kier molecular flexibility index (Phi) is 4.41. The highest BCUT2D eigenvalue weighted by molar-refractivity contribution is 5.97. The fraction of sp³-hybridized carbons (Fsp3) is 0.235. The summed E-state index contributed by atoms with van der Waals surface area (Å²) in [5.41, 5.74) is 7.47. The van der Waals surface area contributed by atoms with E-state index in [0.717, 1.165) is 12.2 Å². The van der Waals surface area contributed by atoms with E-state index in [-0.39, 0.29) is 5.84 Å². The molecule has 0 radical (unpaired) electrons. The molecule has 2 aromatic rings. The third-order valence-corrected chi connectivity index (χ3v) is 3.47. The number of hydrogen-bond acceptors (Lipinski definition) is 2. The Bertz CT molecular complexity index is 590. The zero-order chi connectivity index (χ0) is 14.5. The summed E-state index contributed by atoms with van der Waals surface area (Å²) < 4.78 is 5.82. The van der Waals surface area contributed by atoms with Gasteiger partial charge < -0.3 is 10.5 Å². The van der Waals surface area contributed by atoms with E-state index in [2.05, 4.69) is 26.0 Å². The molecule has 0 aliphatic carbocycles. The van der Waals surface area contributed by atoms with Crippen LogP contribution < -0.4 is 10.5 Å². The van der Waals surface area contributed by atoms with Crippen molar-refractivity contribution >= 4 is 5.84 Å². The van der Waals surface area contributed by atoms with Crippen molar-refractivity contribution in [2.45, 2.75) is 26.2 Å². The molecule has 0 aromatic heterocycles. The molecular weight excluding hydrogens is 248 g/mol. The maximum Gasteiger partial charge on any atom is 0.138 e. The van der Waals surface area contributed by atoms with E-state index in [1.807, 2.05) is 30.3 Å². The predicted octanol–water partition coefficient (Wildman–Crippen LogP) is 4.28. The van der Waals surface area contributed by atoms with Crippen LogP contribution in [0.2, 0.25) is 0 Å². The number of para-hydroxylation sites is 1. The quantitative estimate of drug-likeness (QED) is 0.628. The fourth-order valence-electron chi connectivity index (χ4n) is 2.01. The van der Waals surface area contributed by atoms with Crippen LogP contribution >= 0.6 is 0 Å². The number of ether oxygens (including phenoxy) is 1. The minimum absolute atomic E-state index is 0.0109. The van der Waals surface area contributed by atoms with Crippen LogP contribution in [0.1, 0.15) is 37.3 Å². The van der Waals surface area contributed by atoms with Crippen LogP contribution in [0.15, 0.2) is 48.5 Å². The summed E-state index contributed by atoms with van der Waals surface area (Å²) in [5.74, 6) is 1.92. The van der Waals surface area contributed by atoms with Crippen LogP contribution in [0.3, 0.4) is 0 Å². The first kappa shape index (κ1) is 14.1. The molecular formula is C17H20N2O. The second-order valence-electron chi connectivity index (χ2n) is 4.89. The molecule has 0 bridgehead atoms. The lowest BCUT2D eigenvalue weighted by Gasteiger charge is -2.12. The molecule has 3 heteroatoms. The molecule has 0 fully saturated rings. The molecule has 104 valence electrons. The molecule has 0 saturated carbocycles. The summed E-state index contributed by atoms with van der Waals surface area (Å²) in [6.45, 7) is 4.39. The van der Waals surface area contributed by atoms with Gasteiger partial charge in [0.2, 0.25) is 0 Å². The van der Waals surface area contributed by atoms with Crippen molar-refractivity contribution in [3.63, 3.8) is 0 Å². The Hall–Kier alpha value is -2.29. The lowest BCUT2D eigenvalue weighted by atomic mass is 9.99. The Morgan fingerprint density at radius 3 is 2.40 bits per heavy atom. The molecule has 1 unspecified atom stereocenters. The third kappa shape index (κ3) is 3.18. The van der Waals surface area contributed by atoms with Crippen LogP contribution in [0.25, 0.3) is 0 Å². The van der Waals surface area contributed by atoms with E-state index >= 15 is 0 Å². The van der Waals surface area contributed by atoms with Crippen LogP contribution in [0.4, 0.5) is 0 Å². The van der Waals surface area contributed by atoms with Gasteiger partial charge in [0.25, 0.3) is 0 Å². The number of amidine groups is 1. The van der Waals surface area contributed by atoms with Crippen molar-refractivity contribution in [1.82, 2.24) is 0 Å². The van der Waals surface area contributed by atoms with Crippen molar-refractivity contribution in [3.05, 3.63) is 59.7 Å². The Labute approximate surface area is 119 Å². The lowest BCUT2D eigenvalue weighted by Crippen LogP contribution is -2.12. The zero-order valence-electron chi connectivity index (χ0n) is 11.9. The summed E-state index contributed by atoms with van der Waals surface area (Å²) in [7, 11) is 0. The molecule has 0 saturated heterocycles. The normalized spacial score (nSPS) is 11.9. The summed E-state index contributed by atoms with van der Waals surface area (Å²) >= 11 is 0. The van der Waals surface area contributed by atoms with Gasteiger partial charge in [-0.25, -0.2) is 0 Å². The minimum atomic E-state index is 0.0109. The SMILES string of the molecule is CCC(C)c1ccc(Oc2ccccc2C(=N)N)cc1. The van der Waals surface area contributed by atoms with E-state index in [0.29, 0.717) is 17.2 Å². The maximum absolute atomic E-state index is 7.56. The average Bonchev–Trinajstić information content (AvgIpc) is 2.47. The van der Waals surface area contributed by atoms with Gasteiger partial charge in [0, 0.05) is 0 Å².